The summed E-state index contributed by atoms with van der Waals surface area (Å²) >= 11 is 0. The standard InChI is InChI=1S/C19H20N4O/c1-14-11-21-22(12-14)13-16-6-4-10-23(16)19(24)18-17-7-3-2-5-15(17)8-9-20-18/h2-3,5,7-9,11-12,16H,4,6,10,13H2,1H3/t16-/m1/s1. The minimum Gasteiger partial charge on any atom is -0.332 e. The first-order valence-corrected chi connectivity index (χ1v) is 8.36. The van der Waals surface area contributed by atoms with Gasteiger partial charge in [0.25, 0.3) is 5.91 Å². The van der Waals surface area contributed by atoms with E-state index in [1.807, 2.05) is 59.2 Å². The van der Waals surface area contributed by atoms with E-state index >= 15 is 0 Å². The number of nitrogens with zero attached hydrogens (tertiary/aromatic N) is 4. The van der Waals surface area contributed by atoms with Crippen molar-refractivity contribution in [1.82, 2.24) is 19.7 Å². The lowest BCUT2D eigenvalue weighted by Gasteiger charge is -2.24. The highest BCUT2D eigenvalue weighted by Crippen LogP contribution is 2.24. The van der Waals surface area contributed by atoms with Crippen LogP contribution in [-0.2, 0) is 6.54 Å². The Bertz CT molecular complexity index is 880. The van der Waals surface area contributed by atoms with Crippen LogP contribution in [-0.4, -0.2) is 38.2 Å². The van der Waals surface area contributed by atoms with Gasteiger partial charge >= 0.3 is 0 Å². The van der Waals surface area contributed by atoms with Crippen LogP contribution in [0.25, 0.3) is 10.8 Å². The highest BCUT2D eigenvalue weighted by atomic mass is 16.2. The van der Waals surface area contributed by atoms with Gasteiger partial charge in [0.1, 0.15) is 5.69 Å². The minimum atomic E-state index is 0.0261. The molecule has 3 aromatic rings. The van der Waals surface area contributed by atoms with Gasteiger partial charge < -0.3 is 4.90 Å². The average molecular weight is 320 g/mol. The molecule has 0 spiro atoms. The number of pyridine rings is 1. The molecule has 1 aromatic carbocycles. The van der Waals surface area contributed by atoms with Gasteiger partial charge in [0.15, 0.2) is 0 Å². The number of benzene rings is 1. The second kappa shape index (κ2) is 6.07. The SMILES string of the molecule is Cc1cnn(C[C@H]2CCCN2C(=O)c2nccc3ccccc23)c1. The van der Waals surface area contributed by atoms with Gasteiger partial charge in [-0.1, -0.05) is 24.3 Å². The molecular formula is C19H20N4O. The number of likely N-dealkylation sites (tertiary alicyclic amines) is 1. The summed E-state index contributed by atoms with van der Waals surface area (Å²) < 4.78 is 1.93. The number of carbonyl (C=O) groups is 1. The van der Waals surface area contributed by atoms with Crippen LogP contribution in [0.1, 0.15) is 28.9 Å². The zero-order valence-corrected chi connectivity index (χ0v) is 13.7. The van der Waals surface area contributed by atoms with E-state index in [1.54, 1.807) is 6.20 Å². The predicted molar refractivity (Wildman–Crippen MR) is 92.8 cm³/mol. The number of carbonyl (C=O) groups excluding carboxylic acids is 1. The van der Waals surface area contributed by atoms with Gasteiger partial charge in [-0.3, -0.25) is 14.5 Å². The highest BCUT2D eigenvalue weighted by Gasteiger charge is 2.31. The lowest BCUT2D eigenvalue weighted by atomic mass is 10.1. The van der Waals surface area contributed by atoms with E-state index in [-0.39, 0.29) is 11.9 Å². The van der Waals surface area contributed by atoms with Crippen LogP contribution in [0.5, 0.6) is 0 Å². The average Bonchev–Trinajstić information content (AvgIpc) is 3.23. The lowest BCUT2D eigenvalue weighted by Crippen LogP contribution is -2.38. The van der Waals surface area contributed by atoms with E-state index in [1.165, 1.54) is 0 Å². The van der Waals surface area contributed by atoms with Gasteiger partial charge in [-0.25, -0.2) is 0 Å². The van der Waals surface area contributed by atoms with Crippen LogP contribution in [0.4, 0.5) is 0 Å². The smallest absolute Gasteiger partial charge is 0.273 e. The molecule has 122 valence electrons. The second-order valence-electron chi connectivity index (χ2n) is 6.42. The van der Waals surface area contributed by atoms with Gasteiger partial charge in [-0.2, -0.15) is 5.10 Å². The van der Waals surface area contributed by atoms with Gasteiger partial charge in [0.2, 0.25) is 0 Å². The third kappa shape index (κ3) is 2.66. The molecule has 0 N–H and O–H groups in total. The molecule has 0 unspecified atom stereocenters. The zero-order valence-electron chi connectivity index (χ0n) is 13.7. The summed E-state index contributed by atoms with van der Waals surface area (Å²) in [7, 11) is 0. The normalized spacial score (nSPS) is 17.5. The van der Waals surface area contributed by atoms with Crippen molar-refractivity contribution in [2.24, 2.45) is 0 Å². The third-order valence-electron chi connectivity index (χ3n) is 4.67. The van der Waals surface area contributed by atoms with Gasteiger partial charge in [0, 0.05) is 24.3 Å². The van der Waals surface area contributed by atoms with Gasteiger partial charge in [-0.05, 0) is 36.8 Å². The topological polar surface area (TPSA) is 51.0 Å². The minimum absolute atomic E-state index is 0.0261. The maximum Gasteiger partial charge on any atom is 0.273 e. The Hall–Kier alpha value is -2.69. The molecule has 0 radical (unpaired) electrons. The van der Waals surface area contributed by atoms with E-state index < -0.39 is 0 Å². The second-order valence-corrected chi connectivity index (χ2v) is 6.42. The molecular weight excluding hydrogens is 300 g/mol. The number of amides is 1. The summed E-state index contributed by atoms with van der Waals surface area (Å²) in [6.45, 7) is 3.56. The number of fused-ring (bicyclic) bond motifs is 1. The Kier molecular flexibility index (Phi) is 3.76. The van der Waals surface area contributed by atoms with Crippen molar-refractivity contribution in [3.05, 3.63) is 60.2 Å². The summed E-state index contributed by atoms with van der Waals surface area (Å²) in [5.41, 5.74) is 1.69. The summed E-state index contributed by atoms with van der Waals surface area (Å²) in [4.78, 5) is 19.4. The monoisotopic (exact) mass is 320 g/mol. The number of rotatable bonds is 3. The molecule has 5 nitrogen and oxygen atoms in total. The summed E-state index contributed by atoms with van der Waals surface area (Å²) in [6, 6.07) is 10.0. The molecule has 0 aliphatic carbocycles. The van der Waals surface area contributed by atoms with E-state index in [0.29, 0.717) is 5.69 Å². The molecule has 5 heteroatoms. The fraction of sp³-hybridized carbons (Fsp3) is 0.316. The fourth-order valence-corrected chi connectivity index (χ4v) is 3.50. The Morgan fingerprint density at radius 2 is 2.17 bits per heavy atom. The third-order valence-corrected chi connectivity index (χ3v) is 4.67. The Balaban J connectivity index is 1.62. The maximum absolute atomic E-state index is 13.1. The summed E-state index contributed by atoms with van der Waals surface area (Å²) in [6.07, 6.45) is 7.64. The zero-order chi connectivity index (χ0) is 16.5. The van der Waals surface area contributed by atoms with Crippen LogP contribution in [0.3, 0.4) is 0 Å². The van der Waals surface area contributed by atoms with Crippen molar-refractivity contribution in [3.8, 4) is 0 Å². The van der Waals surface area contributed by atoms with Gasteiger partial charge in [-0.15, -0.1) is 0 Å². The van der Waals surface area contributed by atoms with Crippen molar-refractivity contribution in [1.29, 1.82) is 0 Å². The van der Waals surface area contributed by atoms with Crippen LogP contribution >= 0.6 is 0 Å². The Morgan fingerprint density at radius 1 is 1.29 bits per heavy atom. The molecule has 1 saturated heterocycles. The molecule has 1 fully saturated rings. The van der Waals surface area contributed by atoms with Crippen molar-refractivity contribution in [2.45, 2.75) is 32.4 Å². The number of hydrogen-bond donors (Lipinski definition) is 0. The number of hydrogen-bond acceptors (Lipinski definition) is 3. The Labute approximate surface area is 140 Å². The Morgan fingerprint density at radius 3 is 3.00 bits per heavy atom. The predicted octanol–water partition coefficient (Wildman–Crippen LogP) is 3.04. The quantitative estimate of drug-likeness (QED) is 0.745. The van der Waals surface area contributed by atoms with Crippen molar-refractivity contribution < 1.29 is 4.79 Å². The lowest BCUT2D eigenvalue weighted by molar-refractivity contribution is 0.0718. The van der Waals surface area contributed by atoms with Crippen LogP contribution in [0, 0.1) is 6.92 Å². The molecule has 1 atom stereocenters. The maximum atomic E-state index is 13.1. The number of aromatic nitrogens is 3. The van der Waals surface area contributed by atoms with Crippen LogP contribution < -0.4 is 0 Å². The molecule has 2 aromatic heterocycles. The molecule has 24 heavy (non-hydrogen) atoms. The van der Waals surface area contributed by atoms with Crippen molar-refractivity contribution in [2.75, 3.05) is 6.54 Å². The molecule has 3 heterocycles. The molecule has 1 aliphatic heterocycles. The van der Waals surface area contributed by atoms with E-state index in [0.717, 1.165) is 42.3 Å². The van der Waals surface area contributed by atoms with E-state index in [2.05, 4.69) is 10.1 Å². The fourth-order valence-electron chi connectivity index (χ4n) is 3.50. The van der Waals surface area contributed by atoms with Crippen LogP contribution in [0.15, 0.2) is 48.9 Å². The summed E-state index contributed by atoms with van der Waals surface area (Å²) in [5.74, 6) is 0.0261. The molecule has 1 amide bonds. The first kappa shape index (κ1) is 14.9. The van der Waals surface area contributed by atoms with E-state index in [9.17, 15) is 4.79 Å². The van der Waals surface area contributed by atoms with Crippen LogP contribution in [0.2, 0.25) is 0 Å². The molecule has 1 aliphatic rings. The number of aryl methyl sites for hydroxylation is 1. The molecule has 0 saturated carbocycles. The highest BCUT2D eigenvalue weighted by molar-refractivity contribution is 6.05. The van der Waals surface area contributed by atoms with E-state index in [4.69, 9.17) is 0 Å². The molecule has 4 rings (SSSR count). The van der Waals surface area contributed by atoms with Crippen molar-refractivity contribution in [3.63, 3.8) is 0 Å². The van der Waals surface area contributed by atoms with Gasteiger partial charge in [0.05, 0.1) is 18.8 Å². The first-order chi connectivity index (χ1) is 11.7. The molecule has 0 bridgehead atoms. The largest absolute Gasteiger partial charge is 0.332 e. The first-order valence-electron chi connectivity index (χ1n) is 8.36. The van der Waals surface area contributed by atoms with Crippen molar-refractivity contribution >= 4 is 16.7 Å². The summed E-state index contributed by atoms with van der Waals surface area (Å²) in [5, 5.41) is 6.33.